The van der Waals surface area contributed by atoms with Gasteiger partial charge in [-0.2, -0.15) is 0 Å². The van der Waals surface area contributed by atoms with E-state index in [4.69, 9.17) is 15.2 Å². The summed E-state index contributed by atoms with van der Waals surface area (Å²) >= 11 is 0. The summed E-state index contributed by atoms with van der Waals surface area (Å²) in [7, 11) is 1.59. The number of benzene rings is 2. The molecule has 2 aromatic rings. The molecule has 0 radical (unpaired) electrons. The van der Waals surface area contributed by atoms with Gasteiger partial charge in [0.1, 0.15) is 18.1 Å². The minimum absolute atomic E-state index is 0.135. The molecule has 0 atom stereocenters. The summed E-state index contributed by atoms with van der Waals surface area (Å²) in [6, 6.07) is 11.5. The second-order valence-corrected chi connectivity index (χ2v) is 4.20. The number of aromatic hydroxyl groups is 1. The van der Waals surface area contributed by atoms with Gasteiger partial charge >= 0.3 is 5.97 Å². The second-order valence-electron chi connectivity index (χ2n) is 4.20. The quantitative estimate of drug-likeness (QED) is 0.507. The van der Waals surface area contributed by atoms with Crippen LogP contribution in [0.4, 0.5) is 5.69 Å². The molecule has 0 bridgehead atoms. The lowest BCUT2D eigenvalue weighted by Gasteiger charge is -2.07. The first-order valence-corrected chi connectivity index (χ1v) is 5.98. The minimum atomic E-state index is -0.517. The van der Waals surface area contributed by atoms with E-state index < -0.39 is 5.97 Å². The molecule has 0 aromatic heterocycles. The number of anilines is 1. The fourth-order valence-electron chi connectivity index (χ4n) is 1.62. The maximum atomic E-state index is 11.8. The molecule has 0 saturated carbocycles. The number of phenols is 1. The topological polar surface area (TPSA) is 81.8 Å². The van der Waals surface area contributed by atoms with Crippen molar-refractivity contribution in [2.45, 2.75) is 6.61 Å². The van der Waals surface area contributed by atoms with E-state index in [0.29, 0.717) is 0 Å². The van der Waals surface area contributed by atoms with Crippen LogP contribution in [0.1, 0.15) is 15.9 Å². The highest BCUT2D eigenvalue weighted by Crippen LogP contribution is 2.21. The number of rotatable bonds is 4. The number of hydrogen-bond donors (Lipinski definition) is 2. The Morgan fingerprint density at radius 3 is 2.50 bits per heavy atom. The Morgan fingerprint density at radius 1 is 1.20 bits per heavy atom. The molecule has 20 heavy (non-hydrogen) atoms. The maximum Gasteiger partial charge on any atom is 0.338 e. The number of ether oxygens (including phenoxy) is 2. The van der Waals surface area contributed by atoms with Crippen LogP contribution in [0.2, 0.25) is 0 Å². The summed E-state index contributed by atoms with van der Waals surface area (Å²) in [6.07, 6.45) is 0. The van der Waals surface area contributed by atoms with Crippen molar-refractivity contribution in [2.24, 2.45) is 0 Å². The Hall–Kier alpha value is -2.69. The molecule has 2 aromatic carbocycles. The monoisotopic (exact) mass is 273 g/mol. The number of phenolic OH excluding ortho intramolecular Hbond substituents is 1. The van der Waals surface area contributed by atoms with Crippen LogP contribution in [0.5, 0.6) is 11.5 Å². The van der Waals surface area contributed by atoms with Gasteiger partial charge in [0.25, 0.3) is 0 Å². The van der Waals surface area contributed by atoms with Crippen molar-refractivity contribution in [3.05, 3.63) is 53.6 Å². The predicted molar refractivity (Wildman–Crippen MR) is 74.6 cm³/mol. The molecular weight excluding hydrogens is 258 g/mol. The molecule has 0 unspecified atom stereocenters. The summed E-state index contributed by atoms with van der Waals surface area (Å²) in [5.74, 6) is 0.0866. The number of methoxy groups -OCH3 is 1. The fraction of sp³-hybridized carbons (Fsp3) is 0.133. The Bertz CT molecular complexity index is 608. The number of hydrogen-bond acceptors (Lipinski definition) is 5. The SMILES string of the molecule is COc1ccc(COC(=O)c2ccc(N)c(O)c2)cc1. The van der Waals surface area contributed by atoms with Crippen LogP contribution in [-0.4, -0.2) is 18.2 Å². The molecule has 2 rings (SSSR count). The summed E-state index contributed by atoms with van der Waals surface area (Å²) in [5, 5.41) is 9.45. The highest BCUT2D eigenvalue weighted by molar-refractivity contribution is 5.90. The molecule has 3 N–H and O–H groups in total. The lowest BCUT2D eigenvalue weighted by Crippen LogP contribution is -2.05. The first-order valence-electron chi connectivity index (χ1n) is 5.98. The smallest absolute Gasteiger partial charge is 0.338 e. The summed E-state index contributed by atoms with van der Waals surface area (Å²) in [5.41, 5.74) is 6.79. The molecule has 104 valence electrons. The van der Waals surface area contributed by atoms with Crippen LogP contribution < -0.4 is 10.5 Å². The van der Waals surface area contributed by atoms with Crippen molar-refractivity contribution in [1.29, 1.82) is 0 Å². The lowest BCUT2D eigenvalue weighted by molar-refractivity contribution is 0.0472. The Balaban J connectivity index is 1.98. The normalized spacial score (nSPS) is 10.1. The number of esters is 1. The molecule has 5 heteroatoms. The van der Waals surface area contributed by atoms with Crippen LogP contribution in [-0.2, 0) is 11.3 Å². The third kappa shape index (κ3) is 3.20. The van der Waals surface area contributed by atoms with Gasteiger partial charge in [-0.1, -0.05) is 12.1 Å². The summed E-state index contributed by atoms with van der Waals surface area (Å²) in [6.45, 7) is 0.147. The van der Waals surface area contributed by atoms with Crippen molar-refractivity contribution in [1.82, 2.24) is 0 Å². The molecule has 0 spiro atoms. The van der Waals surface area contributed by atoms with E-state index in [2.05, 4.69) is 0 Å². The average molecular weight is 273 g/mol. The third-order valence-corrected chi connectivity index (χ3v) is 2.80. The van der Waals surface area contributed by atoms with Crippen LogP contribution >= 0.6 is 0 Å². The first kappa shape index (κ1) is 13.7. The van der Waals surface area contributed by atoms with Gasteiger partial charge in [-0.3, -0.25) is 0 Å². The van der Waals surface area contributed by atoms with Gasteiger partial charge in [0.05, 0.1) is 18.4 Å². The van der Waals surface area contributed by atoms with Gasteiger partial charge in [0.2, 0.25) is 0 Å². The minimum Gasteiger partial charge on any atom is -0.506 e. The average Bonchev–Trinajstić information content (AvgIpc) is 2.48. The zero-order valence-electron chi connectivity index (χ0n) is 11.0. The summed E-state index contributed by atoms with van der Waals surface area (Å²) in [4.78, 5) is 11.8. The van der Waals surface area contributed by atoms with E-state index in [-0.39, 0.29) is 23.6 Å². The molecule has 5 nitrogen and oxygen atoms in total. The Labute approximate surface area is 116 Å². The van der Waals surface area contributed by atoms with Crippen LogP contribution in [0.15, 0.2) is 42.5 Å². The molecule has 0 saturated heterocycles. The summed E-state index contributed by atoms with van der Waals surface area (Å²) < 4.78 is 10.2. The zero-order chi connectivity index (χ0) is 14.5. The number of nitrogen functional groups attached to an aromatic ring is 1. The van der Waals surface area contributed by atoms with Crippen molar-refractivity contribution >= 4 is 11.7 Å². The van der Waals surface area contributed by atoms with E-state index in [1.807, 2.05) is 12.1 Å². The standard InChI is InChI=1S/C15H15NO4/c1-19-12-5-2-10(3-6-12)9-20-15(18)11-4-7-13(16)14(17)8-11/h2-8,17H,9,16H2,1H3. The predicted octanol–water partition coefficient (Wildman–Crippen LogP) is 2.34. The first-order chi connectivity index (χ1) is 9.60. The van der Waals surface area contributed by atoms with Gasteiger partial charge in [0, 0.05) is 0 Å². The van der Waals surface area contributed by atoms with E-state index in [1.54, 1.807) is 19.2 Å². The molecule has 0 aliphatic carbocycles. The molecule has 0 fully saturated rings. The van der Waals surface area contributed by atoms with Gasteiger partial charge in [-0.15, -0.1) is 0 Å². The van der Waals surface area contributed by atoms with Gasteiger partial charge in [0.15, 0.2) is 0 Å². The number of nitrogens with two attached hydrogens (primary N) is 1. The molecule has 0 aliphatic heterocycles. The largest absolute Gasteiger partial charge is 0.506 e. The molecule has 0 heterocycles. The van der Waals surface area contributed by atoms with Crippen LogP contribution in [0.3, 0.4) is 0 Å². The van der Waals surface area contributed by atoms with E-state index in [1.165, 1.54) is 18.2 Å². The van der Waals surface area contributed by atoms with E-state index in [0.717, 1.165) is 11.3 Å². The van der Waals surface area contributed by atoms with E-state index >= 15 is 0 Å². The lowest BCUT2D eigenvalue weighted by atomic mass is 10.2. The van der Waals surface area contributed by atoms with E-state index in [9.17, 15) is 9.90 Å². The van der Waals surface area contributed by atoms with Crippen LogP contribution in [0, 0.1) is 0 Å². The van der Waals surface area contributed by atoms with Gasteiger partial charge < -0.3 is 20.3 Å². The molecular formula is C15H15NO4. The third-order valence-electron chi connectivity index (χ3n) is 2.80. The zero-order valence-corrected chi connectivity index (χ0v) is 11.0. The van der Waals surface area contributed by atoms with Crippen LogP contribution in [0.25, 0.3) is 0 Å². The highest BCUT2D eigenvalue weighted by Gasteiger charge is 2.09. The van der Waals surface area contributed by atoms with Crippen molar-refractivity contribution < 1.29 is 19.4 Å². The molecule has 0 amide bonds. The molecule has 0 aliphatic rings. The Kier molecular flexibility index (Phi) is 4.10. The van der Waals surface area contributed by atoms with Gasteiger partial charge in [-0.25, -0.2) is 4.79 Å². The number of carbonyl (C=O) groups excluding carboxylic acids is 1. The second kappa shape index (κ2) is 5.97. The van der Waals surface area contributed by atoms with Crippen molar-refractivity contribution in [3.63, 3.8) is 0 Å². The van der Waals surface area contributed by atoms with Crippen molar-refractivity contribution in [2.75, 3.05) is 12.8 Å². The van der Waals surface area contributed by atoms with Crippen molar-refractivity contribution in [3.8, 4) is 11.5 Å². The fourth-order valence-corrected chi connectivity index (χ4v) is 1.62. The van der Waals surface area contributed by atoms with Gasteiger partial charge in [-0.05, 0) is 35.9 Å². The Morgan fingerprint density at radius 2 is 1.90 bits per heavy atom. The maximum absolute atomic E-state index is 11.8. The highest BCUT2D eigenvalue weighted by atomic mass is 16.5. The number of carbonyl (C=O) groups is 1.